The predicted molar refractivity (Wildman–Crippen MR) is 90.0 cm³/mol. The van der Waals surface area contributed by atoms with E-state index in [1.165, 1.54) is 12.8 Å². The lowest BCUT2D eigenvalue weighted by molar-refractivity contribution is -0.145. The lowest BCUT2D eigenvalue weighted by Gasteiger charge is -2.14. The molecule has 0 fully saturated rings. The van der Waals surface area contributed by atoms with Crippen LogP contribution in [0.25, 0.3) is 0 Å². The molecule has 22 heavy (non-hydrogen) atoms. The van der Waals surface area contributed by atoms with Crippen molar-refractivity contribution >= 4 is 5.97 Å². The van der Waals surface area contributed by atoms with Crippen molar-refractivity contribution in [1.82, 2.24) is 0 Å². The number of rotatable bonds is 16. The Morgan fingerprint density at radius 2 is 1.50 bits per heavy atom. The molecule has 0 aliphatic heterocycles. The van der Waals surface area contributed by atoms with Gasteiger partial charge in [-0.2, -0.15) is 0 Å². The van der Waals surface area contributed by atoms with Gasteiger partial charge in [0.15, 0.2) is 0 Å². The maximum Gasteiger partial charge on any atom is 0.305 e. The third kappa shape index (κ3) is 14.3. The second-order valence-electron chi connectivity index (χ2n) is 5.78. The van der Waals surface area contributed by atoms with Gasteiger partial charge in [-0.1, -0.05) is 46.5 Å². The van der Waals surface area contributed by atoms with Crippen LogP contribution in [0.3, 0.4) is 0 Å². The summed E-state index contributed by atoms with van der Waals surface area (Å²) in [7, 11) is 0. The Balaban J connectivity index is 3.38. The molecule has 0 aromatic carbocycles. The summed E-state index contributed by atoms with van der Waals surface area (Å²) in [6.07, 6.45) is 8.06. The zero-order chi connectivity index (χ0) is 16.5. The van der Waals surface area contributed by atoms with E-state index in [4.69, 9.17) is 14.2 Å². The minimum atomic E-state index is -0.0993. The molecule has 0 radical (unpaired) electrons. The number of hydrogen-bond donors (Lipinski definition) is 0. The van der Waals surface area contributed by atoms with Crippen molar-refractivity contribution in [3.05, 3.63) is 0 Å². The van der Waals surface area contributed by atoms with Crippen LogP contribution in [0, 0.1) is 5.92 Å². The Bertz CT molecular complexity index is 243. The van der Waals surface area contributed by atoms with Gasteiger partial charge in [-0.15, -0.1) is 0 Å². The van der Waals surface area contributed by atoms with E-state index in [0.717, 1.165) is 38.7 Å². The van der Waals surface area contributed by atoms with E-state index in [1.807, 2.05) is 0 Å². The van der Waals surface area contributed by atoms with Gasteiger partial charge in [0.05, 0.1) is 19.8 Å². The topological polar surface area (TPSA) is 44.8 Å². The van der Waals surface area contributed by atoms with Crippen LogP contribution in [0.2, 0.25) is 0 Å². The fraction of sp³-hybridized carbons (Fsp3) is 0.944. The van der Waals surface area contributed by atoms with Crippen molar-refractivity contribution in [2.24, 2.45) is 5.92 Å². The SMILES string of the molecule is CCCCOCCOCCCC(=O)OCC(CC)CCCC. The Morgan fingerprint density at radius 1 is 0.864 bits per heavy atom. The first-order chi connectivity index (χ1) is 10.7. The Morgan fingerprint density at radius 3 is 2.09 bits per heavy atom. The standard InChI is InChI=1S/C18H36O4/c1-4-7-10-17(6-3)16-22-18(19)11-9-13-21-15-14-20-12-8-5-2/h17H,4-16H2,1-3H3. The van der Waals surface area contributed by atoms with E-state index in [9.17, 15) is 4.79 Å². The highest BCUT2D eigenvalue weighted by atomic mass is 16.5. The fourth-order valence-electron chi connectivity index (χ4n) is 2.07. The maximum atomic E-state index is 11.6. The van der Waals surface area contributed by atoms with Gasteiger partial charge < -0.3 is 14.2 Å². The third-order valence-corrected chi connectivity index (χ3v) is 3.71. The van der Waals surface area contributed by atoms with Crippen LogP contribution in [-0.4, -0.2) is 39.0 Å². The lowest BCUT2D eigenvalue weighted by atomic mass is 10.0. The third-order valence-electron chi connectivity index (χ3n) is 3.71. The first-order valence-electron chi connectivity index (χ1n) is 9.05. The molecule has 0 aromatic rings. The van der Waals surface area contributed by atoms with Crippen LogP contribution < -0.4 is 0 Å². The number of esters is 1. The van der Waals surface area contributed by atoms with Crippen molar-refractivity contribution in [2.75, 3.05) is 33.0 Å². The minimum Gasteiger partial charge on any atom is -0.465 e. The molecule has 0 heterocycles. The molecule has 0 bridgehead atoms. The molecular weight excluding hydrogens is 280 g/mol. The molecule has 0 N–H and O–H groups in total. The highest BCUT2D eigenvalue weighted by Gasteiger charge is 2.09. The molecule has 1 unspecified atom stereocenters. The Labute approximate surface area is 136 Å². The second kappa shape index (κ2) is 16.8. The predicted octanol–water partition coefficient (Wildman–Crippen LogP) is 4.36. The summed E-state index contributed by atoms with van der Waals surface area (Å²) in [6, 6.07) is 0. The number of carbonyl (C=O) groups is 1. The lowest BCUT2D eigenvalue weighted by Crippen LogP contribution is -2.14. The summed E-state index contributed by atoms with van der Waals surface area (Å²) in [5, 5.41) is 0. The quantitative estimate of drug-likeness (QED) is 0.313. The molecule has 0 spiro atoms. The van der Waals surface area contributed by atoms with Crippen LogP contribution in [0.1, 0.15) is 72.1 Å². The molecule has 1 atom stereocenters. The van der Waals surface area contributed by atoms with Gasteiger partial charge in [0.25, 0.3) is 0 Å². The summed E-state index contributed by atoms with van der Waals surface area (Å²) in [4.78, 5) is 11.6. The molecule has 132 valence electrons. The van der Waals surface area contributed by atoms with E-state index in [1.54, 1.807) is 0 Å². The van der Waals surface area contributed by atoms with Crippen molar-refractivity contribution in [3.63, 3.8) is 0 Å². The molecule has 4 heteroatoms. The average Bonchev–Trinajstić information content (AvgIpc) is 2.53. The summed E-state index contributed by atoms with van der Waals surface area (Å²) in [5.41, 5.74) is 0. The van der Waals surface area contributed by atoms with Gasteiger partial charge in [-0.05, 0) is 25.2 Å². The van der Waals surface area contributed by atoms with E-state index in [0.29, 0.717) is 38.8 Å². The van der Waals surface area contributed by atoms with Crippen LogP contribution in [0.5, 0.6) is 0 Å². The zero-order valence-electron chi connectivity index (χ0n) is 14.9. The van der Waals surface area contributed by atoms with E-state index >= 15 is 0 Å². The highest BCUT2D eigenvalue weighted by Crippen LogP contribution is 2.13. The molecule has 0 amide bonds. The fourth-order valence-corrected chi connectivity index (χ4v) is 2.07. The summed E-state index contributed by atoms with van der Waals surface area (Å²) >= 11 is 0. The first-order valence-corrected chi connectivity index (χ1v) is 9.05. The molecule has 0 rings (SSSR count). The van der Waals surface area contributed by atoms with E-state index in [-0.39, 0.29) is 5.97 Å². The molecule has 0 aliphatic carbocycles. The van der Waals surface area contributed by atoms with Gasteiger partial charge in [-0.3, -0.25) is 4.79 Å². The summed E-state index contributed by atoms with van der Waals surface area (Å²) < 4.78 is 16.2. The van der Waals surface area contributed by atoms with Crippen LogP contribution in [0.15, 0.2) is 0 Å². The Hall–Kier alpha value is -0.610. The van der Waals surface area contributed by atoms with E-state index in [2.05, 4.69) is 20.8 Å². The number of hydrogen-bond acceptors (Lipinski definition) is 4. The van der Waals surface area contributed by atoms with Gasteiger partial charge in [0, 0.05) is 19.6 Å². The van der Waals surface area contributed by atoms with Crippen LogP contribution in [-0.2, 0) is 19.0 Å². The highest BCUT2D eigenvalue weighted by molar-refractivity contribution is 5.69. The molecule has 0 saturated carbocycles. The molecule has 4 nitrogen and oxygen atoms in total. The summed E-state index contributed by atoms with van der Waals surface area (Å²) in [6.45, 7) is 9.71. The minimum absolute atomic E-state index is 0.0993. The molecule has 0 saturated heterocycles. The average molecular weight is 316 g/mol. The van der Waals surface area contributed by atoms with Crippen molar-refractivity contribution in [2.45, 2.75) is 72.1 Å². The first kappa shape index (κ1) is 21.4. The monoisotopic (exact) mass is 316 g/mol. The van der Waals surface area contributed by atoms with Crippen molar-refractivity contribution in [3.8, 4) is 0 Å². The van der Waals surface area contributed by atoms with Crippen molar-refractivity contribution < 1.29 is 19.0 Å². The van der Waals surface area contributed by atoms with Gasteiger partial charge in [0.1, 0.15) is 0 Å². The van der Waals surface area contributed by atoms with Crippen molar-refractivity contribution in [1.29, 1.82) is 0 Å². The van der Waals surface area contributed by atoms with Gasteiger partial charge >= 0.3 is 5.97 Å². The maximum absolute atomic E-state index is 11.6. The Kier molecular flexibility index (Phi) is 16.3. The molecular formula is C18H36O4. The van der Waals surface area contributed by atoms with E-state index < -0.39 is 0 Å². The number of carbonyl (C=O) groups excluding carboxylic acids is 1. The normalized spacial score (nSPS) is 12.3. The smallest absolute Gasteiger partial charge is 0.305 e. The molecule has 0 aromatic heterocycles. The van der Waals surface area contributed by atoms with Crippen LogP contribution >= 0.6 is 0 Å². The summed E-state index contributed by atoms with van der Waals surface area (Å²) in [5.74, 6) is 0.415. The largest absolute Gasteiger partial charge is 0.465 e. The number of ether oxygens (including phenoxy) is 3. The van der Waals surface area contributed by atoms with Gasteiger partial charge in [0.2, 0.25) is 0 Å². The molecule has 0 aliphatic rings. The van der Waals surface area contributed by atoms with Crippen LogP contribution in [0.4, 0.5) is 0 Å². The number of unbranched alkanes of at least 4 members (excludes halogenated alkanes) is 2. The van der Waals surface area contributed by atoms with Gasteiger partial charge in [-0.25, -0.2) is 0 Å². The second-order valence-corrected chi connectivity index (χ2v) is 5.78. The zero-order valence-corrected chi connectivity index (χ0v) is 14.9.